The van der Waals surface area contributed by atoms with Gasteiger partial charge in [-0.25, -0.2) is 0 Å². The van der Waals surface area contributed by atoms with E-state index in [0.29, 0.717) is 4.83 Å². The van der Waals surface area contributed by atoms with Crippen molar-refractivity contribution < 1.29 is 4.74 Å². The van der Waals surface area contributed by atoms with E-state index in [1.165, 1.54) is 5.56 Å². The molecule has 0 amide bonds. The molecule has 0 aromatic carbocycles. The van der Waals surface area contributed by atoms with Gasteiger partial charge in [0.2, 0.25) is 0 Å². The summed E-state index contributed by atoms with van der Waals surface area (Å²) in [5, 5.41) is 0. The minimum Gasteiger partial charge on any atom is -0.384 e. The zero-order valence-corrected chi connectivity index (χ0v) is 11.2. The lowest BCUT2D eigenvalue weighted by atomic mass is 10.1. The highest BCUT2D eigenvalue weighted by Crippen LogP contribution is 2.14. The summed E-state index contributed by atoms with van der Waals surface area (Å²) in [6.07, 6.45) is 5.78. The summed E-state index contributed by atoms with van der Waals surface area (Å²) in [5.41, 5.74) is 1.25. The van der Waals surface area contributed by atoms with Crippen LogP contribution in [0.15, 0.2) is 22.9 Å². The van der Waals surface area contributed by atoms with Gasteiger partial charge in [-0.1, -0.05) is 15.9 Å². The average Bonchev–Trinajstić information content (AvgIpc) is 2.15. The largest absolute Gasteiger partial charge is 0.384 e. The molecule has 1 aromatic heterocycles. The van der Waals surface area contributed by atoms with Gasteiger partial charge in [0.15, 0.2) is 0 Å². The summed E-state index contributed by atoms with van der Waals surface area (Å²) in [7, 11) is 1.72. The van der Waals surface area contributed by atoms with E-state index in [1.54, 1.807) is 13.3 Å². The van der Waals surface area contributed by atoms with Gasteiger partial charge in [-0.05, 0) is 40.4 Å². The Morgan fingerprint density at radius 3 is 2.93 bits per heavy atom. The van der Waals surface area contributed by atoms with Gasteiger partial charge in [0.1, 0.15) is 0 Å². The molecular weight excluding hydrogens is 310 g/mol. The molecule has 4 heteroatoms. The van der Waals surface area contributed by atoms with Crippen LogP contribution in [0.3, 0.4) is 0 Å². The lowest BCUT2D eigenvalue weighted by molar-refractivity contribution is 0.198. The predicted molar refractivity (Wildman–Crippen MR) is 64.8 cm³/mol. The van der Waals surface area contributed by atoms with Crippen LogP contribution >= 0.6 is 31.9 Å². The molecule has 0 bridgehead atoms. The summed E-state index contributed by atoms with van der Waals surface area (Å²) in [5.74, 6) is 0. The minimum atomic E-state index is 0.423. The maximum Gasteiger partial charge on any atom is 0.0587 e. The summed E-state index contributed by atoms with van der Waals surface area (Å²) in [6, 6.07) is 2.10. The molecule has 1 heterocycles. The molecule has 0 fully saturated rings. The molecule has 1 aromatic rings. The molecule has 2 nitrogen and oxygen atoms in total. The molecule has 14 heavy (non-hydrogen) atoms. The van der Waals surface area contributed by atoms with E-state index in [9.17, 15) is 0 Å². The first-order valence-corrected chi connectivity index (χ1v) is 6.15. The molecule has 0 radical (unpaired) electrons. The number of alkyl halides is 1. The molecule has 78 valence electrons. The van der Waals surface area contributed by atoms with E-state index in [1.807, 2.05) is 6.20 Å². The standard InChI is InChI=1S/C10H13Br2NO/c1-14-7-9(11)3-2-8-4-10(12)6-13-5-8/h4-6,9H,2-3,7H2,1H3. The van der Waals surface area contributed by atoms with E-state index >= 15 is 0 Å². The molecule has 0 aliphatic heterocycles. The zero-order chi connectivity index (χ0) is 10.4. The van der Waals surface area contributed by atoms with E-state index in [-0.39, 0.29) is 0 Å². The van der Waals surface area contributed by atoms with Gasteiger partial charge in [-0.2, -0.15) is 0 Å². The van der Waals surface area contributed by atoms with E-state index in [2.05, 4.69) is 42.9 Å². The van der Waals surface area contributed by atoms with Crippen molar-refractivity contribution in [3.05, 3.63) is 28.5 Å². The van der Waals surface area contributed by atoms with Crippen LogP contribution in [0.5, 0.6) is 0 Å². The Bertz CT molecular complexity index is 281. The smallest absolute Gasteiger partial charge is 0.0587 e. The van der Waals surface area contributed by atoms with Crippen LogP contribution in [0.4, 0.5) is 0 Å². The van der Waals surface area contributed by atoms with Gasteiger partial charge in [0.05, 0.1) is 6.61 Å². The van der Waals surface area contributed by atoms with E-state index in [0.717, 1.165) is 23.9 Å². The summed E-state index contributed by atoms with van der Waals surface area (Å²) in [4.78, 5) is 4.54. The molecule has 0 spiro atoms. The maximum absolute atomic E-state index is 5.04. The molecule has 0 aliphatic rings. The zero-order valence-electron chi connectivity index (χ0n) is 8.04. The van der Waals surface area contributed by atoms with Crippen LogP contribution in [-0.2, 0) is 11.2 Å². The molecule has 1 atom stereocenters. The topological polar surface area (TPSA) is 22.1 Å². The highest BCUT2D eigenvalue weighted by atomic mass is 79.9. The van der Waals surface area contributed by atoms with Crippen molar-refractivity contribution in [2.24, 2.45) is 0 Å². The number of nitrogens with zero attached hydrogens (tertiary/aromatic N) is 1. The number of ether oxygens (including phenoxy) is 1. The Morgan fingerprint density at radius 1 is 1.50 bits per heavy atom. The fraction of sp³-hybridized carbons (Fsp3) is 0.500. The monoisotopic (exact) mass is 321 g/mol. The third kappa shape index (κ3) is 4.53. The summed E-state index contributed by atoms with van der Waals surface area (Å²) >= 11 is 6.96. The number of methoxy groups -OCH3 is 1. The fourth-order valence-electron chi connectivity index (χ4n) is 1.18. The van der Waals surface area contributed by atoms with Gasteiger partial charge < -0.3 is 4.74 Å². The Labute approximate surface area is 101 Å². The van der Waals surface area contributed by atoms with Gasteiger partial charge in [0, 0.05) is 28.8 Å². The normalized spacial score (nSPS) is 12.8. The highest BCUT2D eigenvalue weighted by molar-refractivity contribution is 9.10. The summed E-state index contributed by atoms with van der Waals surface area (Å²) < 4.78 is 6.08. The first-order valence-electron chi connectivity index (χ1n) is 4.45. The molecule has 1 unspecified atom stereocenters. The number of aromatic nitrogens is 1. The summed E-state index contributed by atoms with van der Waals surface area (Å²) in [6.45, 7) is 0.751. The van der Waals surface area contributed by atoms with Crippen molar-refractivity contribution in [1.82, 2.24) is 4.98 Å². The first kappa shape index (κ1) is 12.1. The van der Waals surface area contributed by atoms with E-state index < -0.39 is 0 Å². The number of rotatable bonds is 5. The first-order chi connectivity index (χ1) is 6.72. The fourth-order valence-corrected chi connectivity index (χ4v) is 2.09. The Kier molecular flexibility index (Phi) is 5.67. The van der Waals surface area contributed by atoms with Gasteiger partial charge in [-0.3, -0.25) is 4.98 Å². The SMILES string of the molecule is COCC(Br)CCc1cncc(Br)c1. The molecule has 1 rings (SSSR count). The number of hydrogen-bond acceptors (Lipinski definition) is 2. The number of hydrogen-bond donors (Lipinski definition) is 0. The lowest BCUT2D eigenvalue weighted by Crippen LogP contribution is -2.07. The van der Waals surface area contributed by atoms with Crippen LogP contribution < -0.4 is 0 Å². The van der Waals surface area contributed by atoms with Crippen molar-refractivity contribution >= 4 is 31.9 Å². The Balaban J connectivity index is 2.37. The molecular formula is C10H13Br2NO. The Hall–Kier alpha value is 0.0700. The predicted octanol–water partition coefficient (Wildman–Crippen LogP) is 3.19. The molecule has 0 N–H and O–H groups in total. The van der Waals surface area contributed by atoms with Gasteiger partial charge in [-0.15, -0.1) is 0 Å². The minimum absolute atomic E-state index is 0.423. The third-order valence-corrected chi connectivity index (χ3v) is 3.01. The second kappa shape index (κ2) is 6.53. The quantitative estimate of drug-likeness (QED) is 0.777. The van der Waals surface area contributed by atoms with Crippen LogP contribution in [0.25, 0.3) is 0 Å². The molecule has 0 saturated carbocycles. The van der Waals surface area contributed by atoms with Crippen LogP contribution in [-0.4, -0.2) is 23.5 Å². The van der Waals surface area contributed by atoms with Crippen LogP contribution in [0.1, 0.15) is 12.0 Å². The van der Waals surface area contributed by atoms with Crippen molar-refractivity contribution in [1.29, 1.82) is 0 Å². The third-order valence-electron chi connectivity index (χ3n) is 1.86. The average molecular weight is 323 g/mol. The molecule has 0 aliphatic carbocycles. The van der Waals surface area contributed by atoms with Crippen LogP contribution in [0.2, 0.25) is 0 Å². The van der Waals surface area contributed by atoms with Gasteiger partial charge in [0.25, 0.3) is 0 Å². The van der Waals surface area contributed by atoms with E-state index in [4.69, 9.17) is 4.74 Å². The number of halogens is 2. The van der Waals surface area contributed by atoms with Crippen molar-refractivity contribution in [3.8, 4) is 0 Å². The highest BCUT2D eigenvalue weighted by Gasteiger charge is 2.04. The van der Waals surface area contributed by atoms with Gasteiger partial charge >= 0.3 is 0 Å². The number of pyridine rings is 1. The second-order valence-electron chi connectivity index (χ2n) is 3.10. The van der Waals surface area contributed by atoms with Crippen molar-refractivity contribution in [2.45, 2.75) is 17.7 Å². The lowest BCUT2D eigenvalue weighted by Gasteiger charge is -2.07. The van der Waals surface area contributed by atoms with Crippen molar-refractivity contribution in [2.75, 3.05) is 13.7 Å². The molecule has 0 saturated heterocycles. The number of aryl methyl sites for hydroxylation is 1. The van der Waals surface area contributed by atoms with Crippen LogP contribution in [0, 0.1) is 0 Å². The second-order valence-corrected chi connectivity index (χ2v) is 5.31. The Morgan fingerprint density at radius 2 is 2.29 bits per heavy atom. The van der Waals surface area contributed by atoms with Crippen molar-refractivity contribution in [3.63, 3.8) is 0 Å². The maximum atomic E-state index is 5.04.